The maximum absolute atomic E-state index is 12.3. The minimum absolute atomic E-state index is 0.265. The van der Waals surface area contributed by atoms with Crippen LogP contribution < -0.4 is 10.5 Å². The Hall–Kier alpha value is -1.07. The number of rotatable bonds is 5. The lowest BCUT2D eigenvalue weighted by Crippen LogP contribution is -2.31. The number of benzene rings is 1. The second-order valence-electron chi connectivity index (χ2n) is 6.19. The molecular weight excluding hydrogens is 284 g/mol. The van der Waals surface area contributed by atoms with Gasteiger partial charge in [-0.3, -0.25) is 0 Å². The Morgan fingerprint density at radius 1 is 1.24 bits per heavy atom. The van der Waals surface area contributed by atoms with Crippen molar-refractivity contribution in [1.29, 1.82) is 0 Å². The summed E-state index contributed by atoms with van der Waals surface area (Å²) < 4.78 is 27.4. The van der Waals surface area contributed by atoms with E-state index in [2.05, 4.69) is 11.6 Å². The summed E-state index contributed by atoms with van der Waals surface area (Å²) in [7, 11) is -3.45. The zero-order valence-corrected chi connectivity index (χ0v) is 13.7. The lowest BCUT2D eigenvalue weighted by molar-refractivity contribution is 0.290. The molecule has 1 aliphatic rings. The average Bonchev–Trinajstić information content (AvgIpc) is 2.46. The summed E-state index contributed by atoms with van der Waals surface area (Å²) in [5.74, 6) is 1.24. The summed E-state index contributed by atoms with van der Waals surface area (Å²) in [5, 5.41) is 0. The van der Waals surface area contributed by atoms with E-state index >= 15 is 0 Å². The Labute approximate surface area is 128 Å². The third-order valence-electron chi connectivity index (χ3n) is 4.51. The molecule has 0 aromatic heterocycles. The number of anilines is 1. The van der Waals surface area contributed by atoms with E-state index in [4.69, 9.17) is 5.73 Å². The molecule has 3 N–H and O–H groups in total. The highest BCUT2D eigenvalue weighted by Gasteiger charge is 2.21. The molecule has 0 spiro atoms. The third-order valence-corrected chi connectivity index (χ3v) is 5.93. The van der Waals surface area contributed by atoms with Crippen molar-refractivity contribution in [2.75, 3.05) is 12.3 Å². The number of hydrogen-bond acceptors (Lipinski definition) is 3. The Morgan fingerprint density at radius 2 is 1.90 bits per heavy atom. The minimum atomic E-state index is -3.45. The molecule has 2 rings (SSSR count). The van der Waals surface area contributed by atoms with Crippen molar-refractivity contribution < 1.29 is 8.42 Å². The van der Waals surface area contributed by atoms with Gasteiger partial charge < -0.3 is 5.73 Å². The van der Waals surface area contributed by atoms with Crippen LogP contribution in [0.4, 0.5) is 5.69 Å². The Kier molecular flexibility index (Phi) is 5.27. The van der Waals surface area contributed by atoms with Crippen LogP contribution in [-0.2, 0) is 16.4 Å². The van der Waals surface area contributed by atoms with E-state index < -0.39 is 10.0 Å². The zero-order valence-electron chi connectivity index (χ0n) is 12.9. The van der Waals surface area contributed by atoms with Crippen molar-refractivity contribution in [3.05, 3.63) is 23.8 Å². The SMILES string of the molecule is CCc1ccc(S(=O)(=O)NCC2CCC(C)CC2)cc1N. The molecule has 0 atom stereocenters. The van der Waals surface area contributed by atoms with Gasteiger partial charge >= 0.3 is 0 Å². The van der Waals surface area contributed by atoms with Gasteiger partial charge in [-0.1, -0.05) is 32.8 Å². The van der Waals surface area contributed by atoms with E-state index in [0.717, 1.165) is 30.7 Å². The van der Waals surface area contributed by atoms with E-state index in [1.807, 2.05) is 6.92 Å². The van der Waals surface area contributed by atoms with Crippen LogP contribution >= 0.6 is 0 Å². The lowest BCUT2D eigenvalue weighted by Gasteiger charge is -2.26. The normalized spacial score (nSPS) is 23.1. The summed E-state index contributed by atoms with van der Waals surface area (Å²) in [5.41, 5.74) is 7.42. The molecule has 0 saturated heterocycles. The first-order valence-electron chi connectivity index (χ1n) is 7.80. The predicted octanol–water partition coefficient (Wildman–Crippen LogP) is 2.94. The van der Waals surface area contributed by atoms with Crippen molar-refractivity contribution in [3.8, 4) is 0 Å². The molecule has 4 nitrogen and oxygen atoms in total. The van der Waals surface area contributed by atoms with E-state index in [1.54, 1.807) is 18.2 Å². The number of nitrogens with one attached hydrogen (secondary N) is 1. The second kappa shape index (κ2) is 6.79. The van der Waals surface area contributed by atoms with Gasteiger partial charge in [0.2, 0.25) is 10.0 Å². The van der Waals surface area contributed by atoms with Gasteiger partial charge in [-0.2, -0.15) is 0 Å². The van der Waals surface area contributed by atoms with Crippen molar-refractivity contribution in [1.82, 2.24) is 4.72 Å². The fraction of sp³-hybridized carbons (Fsp3) is 0.625. The number of sulfonamides is 1. The number of aryl methyl sites for hydroxylation is 1. The van der Waals surface area contributed by atoms with Gasteiger partial charge in [0.25, 0.3) is 0 Å². The van der Waals surface area contributed by atoms with Crippen molar-refractivity contribution in [3.63, 3.8) is 0 Å². The third kappa shape index (κ3) is 4.20. The van der Waals surface area contributed by atoms with Crippen LogP contribution in [0.25, 0.3) is 0 Å². The summed E-state index contributed by atoms with van der Waals surface area (Å²) >= 11 is 0. The van der Waals surface area contributed by atoms with Crippen LogP contribution in [0.2, 0.25) is 0 Å². The molecule has 0 heterocycles. The zero-order chi connectivity index (χ0) is 15.5. The van der Waals surface area contributed by atoms with Crippen molar-refractivity contribution in [2.45, 2.75) is 50.8 Å². The Bertz CT molecular complexity index is 576. The first-order chi connectivity index (χ1) is 9.92. The maximum atomic E-state index is 12.3. The molecule has 1 aromatic rings. The average molecular weight is 310 g/mol. The lowest BCUT2D eigenvalue weighted by atomic mass is 9.83. The van der Waals surface area contributed by atoms with Gasteiger partial charge in [0, 0.05) is 12.2 Å². The van der Waals surface area contributed by atoms with Crippen molar-refractivity contribution >= 4 is 15.7 Å². The molecule has 0 unspecified atom stereocenters. The van der Waals surface area contributed by atoms with E-state index in [9.17, 15) is 8.42 Å². The summed E-state index contributed by atoms with van der Waals surface area (Å²) in [6.07, 6.45) is 5.43. The fourth-order valence-corrected chi connectivity index (χ4v) is 4.06. The Morgan fingerprint density at radius 3 is 2.48 bits per heavy atom. The van der Waals surface area contributed by atoms with Crippen LogP contribution in [0.1, 0.15) is 45.1 Å². The van der Waals surface area contributed by atoms with Crippen molar-refractivity contribution in [2.24, 2.45) is 11.8 Å². The molecule has 5 heteroatoms. The molecule has 21 heavy (non-hydrogen) atoms. The molecule has 1 aromatic carbocycles. The smallest absolute Gasteiger partial charge is 0.240 e. The molecule has 1 fully saturated rings. The molecular formula is C16H26N2O2S. The molecule has 0 aliphatic heterocycles. The minimum Gasteiger partial charge on any atom is -0.398 e. The van der Waals surface area contributed by atoms with Gasteiger partial charge in [0.15, 0.2) is 0 Å². The fourth-order valence-electron chi connectivity index (χ4n) is 2.91. The van der Waals surface area contributed by atoms with Gasteiger partial charge in [-0.15, -0.1) is 0 Å². The van der Waals surface area contributed by atoms with Gasteiger partial charge in [-0.25, -0.2) is 13.1 Å². The molecule has 118 valence electrons. The molecule has 1 saturated carbocycles. The summed E-state index contributed by atoms with van der Waals surface area (Å²) in [4.78, 5) is 0.265. The first kappa shape index (κ1) is 16.3. The molecule has 0 amide bonds. The molecule has 0 bridgehead atoms. The predicted molar refractivity (Wildman–Crippen MR) is 86.5 cm³/mol. The summed E-state index contributed by atoms with van der Waals surface area (Å²) in [6.45, 7) is 4.80. The van der Waals surface area contributed by atoms with Gasteiger partial charge in [-0.05, 0) is 48.8 Å². The first-order valence-corrected chi connectivity index (χ1v) is 9.28. The highest BCUT2D eigenvalue weighted by molar-refractivity contribution is 7.89. The standard InChI is InChI=1S/C16H26N2O2S/c1-3-14-8-9-15(10-16(14)17)21(19,20)18-11-13-6-4-12(2)5-7-13/h8-10,12-13,18H,3-7,11,17H2,1-2H3. The quantitative estimate of drug-likeness (QED) is 0.821. The number of nitrogen functional groups attached to an aromatic ring is 1. The van der Waals surface area contributed by atoms with E-state index in [1.165, 1.54) is 12.8 Å². The maximum Gasteiger partial charge on any atom is 0.240 e. The van der Waals surface area contributed by atoms with Crippen LogP contribution in [0.5, 0.6) is 0 Å². The Balaban J connectivity index is 2.00. The highest BCUT2D eigenvalue weighted by atomic mass is 32.2. The topological polar surface area (TPSA) is 72.2 Å². The largest absolute Gasteiger partial charge is 0.398 e. The van der Waals surface area contributed by atoms with E-state index in [0.29, 0.717) is 18.2 Å². The molecule has 0 radical (unpaired) electrons. The monoisotopic (exact) mass is 310 g/mol. The second-order valence-corrected chi connectivity index (χ2v) is 7.96. The molecule has 1 aliphatic carbocycles. The van der Waals surface area contributed by atoms with Crippen LogP contribution in [-0.4, -0.2) is 15.0 Å². The van der Waals surface area contributed by atoms with E-state index in [-0.39, 0.29) is 4.90 Å². The number of hydrogen-bond donors (Lipinski definition) is 2. The van der Waals surface area contributed by atoms with Gasteiger partial charge in [0.1, 0.15) is 0 Å². The highest BCUT2D eigenvalue weighted by Crippen LogP contribution is 2.28. The van der Waals surface area contributed by atoms with Crippen LogP contribution in [0.15, 0.2) is 23.1 Å². The number of nitrogens with two attached hydrogens (primary N) is 1. The van der Waals surface area contributed by atoms with Gasteiger partial charge in [0.05, 0.1) is 4.90 Å². The van der Waals surface area contributed by atoms with Crippen LogP contribution in [0.3, 0.4) is 0 Å². The van der Waals surface area contributed by atoms with Crippen LogP contribution in [0, 0.1) is 11.8 Å². The summed E-state index contributed by atoms with van der Waals surface area (Å²) in [6, 6.07) is 5.00.